The molecule has 0 atom stereocenters. The van der Waals surface area contributed by atoms with Crippen LogP contribution < -0.4 is 10.1 Å². The van der Waals surface area contributed by atoms with Crippen LogP contribution in [0.1, 0.15) is 9.67 Å². The first-order valence-electron chi connectivity index (χ1n) is 6.71. The van der Waals surface area contributed by atoms with Gasteiger partial charge in [-0.25, -0.2) is 0 Å². The fraction of sp³-hybridized carbons (Fsp3) is 0.0625. The number of rotatable bonds is 4. The van der Waals surface area contributed by atoms with Gasteiger partial charge in [-0.15, -0.1) is 5.10 Å². The van der Waals surface area contributed by atoms with Gasteiger partial charge in [-0.3, -0.25) is 4.79 Å². The molecule has 0 saturated carbocycles. The zero-order valence-corrected chi connectivity index (χ0v) is 13.7. The molecule has 3 aromatic rings. The number of hydrogen-bond donors (Lipinski definition) is 1. The molecular formula is C16H12ClN3O2S. The Balaban J connectivity index is 1.82. The summed E-state index contributed by atoms with van der Waals surface area (Å²) in [5.41, 5.74) is 2.01. The minimum atomic E-state index is -0.255. The molecule has 3 rings (SSSR count). The van der Waals surface area contributed by atoms with Crippen molar-refractivity contribution in [2.75, 3.05) is 12.4 Å². The van der Waals surface area contributed by atoms with E-state index in [0.29, 0.717) is 21.3 Å². The third-order valence-electron chi connectivity index (χ3n) is 3.16. The number of anilines is 1. The van der Waals surface area contributed by atoms with Gasteiger partial charge in [0.1, 0.15) is 16.3 Å². The van der Waals surface area contributed by atoms with Gasteiger partial charge in [0.15, 0.2) is 0 Å². The number of ether oxygens (including phenoxy) is 1. The van der Waals surface area contributed by atoms with Crippen LogP contribution in [0.2, 0.25) is 5.02 Å². The Bertz CT molecular complexity index is 816. The summed E-state index contributed by atoms with van der Waals surface area (Å²) in [7, 11) is 1.59. The molecule has 7 heteroatoms. The van der Waals surface area contributed by atoms with Crippen LogP contribution in [0.3, 0.4) is 0 Å². The number of nitrogens with zero attached hydrogens (tertiary/aromatic N) is 2. The van der Waals surface area contributed by atoms with Crippen LogP contribution >= 0.6 is 23.1 Å². The van der Waals surface area contributed by atoms with Gasteiger partial charge in [-0.1, -0.05) is 28.2 Å². The number of aromatic nitrogens is 2. The second-order valence-electron chi connectivity index (χ2n) is 4.64. The number of nitrogens with one attached hydrogen (secondary N) is 1. The van der Waals surface area contributed by atoms with Gasteiger partial charge >= 0.3 is 0 Å². The van der Waals surface area contributed by atoms with E-state index in [2.05, 4.69) is 14.9 Å². The summed E-state index contributed by atoms with van der Waals surface area (Å²) in [6, 6.07) is 14.2. The molecule has 1 aromatic heterocycles. The first-order valence-corrected chi connectivity index (χ1v) is 7.86. The highest BCUT2D eigenvalue weighted by atomic mass is 35.5. The van der Waals surface area contributed by atoms with Crippen molar-refractivity contribution in [3.63, 3.8) is 0 Å². The average molecular weight is 346 g/mol. The van der Waals surface area contributed by atoms with Crippen LogP contribution in [0.4, 0.5) is 5.69 Å². The maximum Gasteiger partial charge on any atom is 0.269 e. The highest BCUT2D eigenvalue weighted by Crippen LogP contribution is 2.26. The van der Waals surface area contributed by atoms with Gasteiger partial charge in [0.2, 0.25) is 0 Å². The molecule has 0 aliphatic carbocycles. The molecule has 1 amide bonds. The third-order valence-corrected chi connectivity index (χ3v) is 4.14. The Morgan fingerprint density at radius 2 is 1.83 bits per heavy atom. The lowest BCUT2D eigenvalue weighted by molar-refractivity contribution is 0.103. The SMILES string of the molecule is COc1ccc(NC(=O)c2snnc2-c2ccc(Cl)cc2)cc1. The van der Waals surface area contributed by atoms with Crippen molar-refractivity contribution >= 4 is 34.7 Å². The first kappa shape index (κ1) is 15.5. The Morgan fingerprint density at radius 3 is 2.48 bits per heavy atom. The maximum absolute atomic E-state index is 12.5. The lowest BCUT2D eigenvalue weighted by Gasteiger charge is -2.06. The molecule has 0 fully saturated rings. The van der Waals surface area contributed by atoms with Crippen LogP contribution in [0.5, 0.6) is 5.75 Å². The normalized spacial score (nSPS) is 10.3. The van der Waals surface area contributed by atoms with Gasteiger partial charge in [-0.05, 0) is 47.9 Å². The molecule has 0 aliphatic heterocycles. The van der Waals surface area contributed by atoms with E-state index in [-0.39, 0.29) is 5.91 Å². The van der Waals surface area contributed by atoms with Gasteiger partial charge in [-0.2, -0.15) is 0 Å². The molecule has 0 spiro atoms. The summed E-state index contributed by atoms with van der Waals surface area (Å²) in [5, 5.41) is 7.50. The molecule has 0 saturated heterocycles. The van der Waals surface area contributed by atoms with E-state index in [4.69, 9.17) is 16.3 Å². The quantitative estimate of drug-likeness (QED) is 0.772. The van der Waals surface area contributed by atoms with Crippen LogP contribution in [0.15, 0.2) is 48.5 Å². The topological polar surface area (TPSA) is 64.1 Å². The molecule has 5 nitrogen and oxygen atoms in total. The molecule has 0 bridgehead atoms. The van der Waals surface area contributed by atoms with Crippen molar-refractivity contribution in [2.24, 2.45) is 0 Å². The van der Waals surface area contributed by atoms with Gasteiger partial charge in [0.25, 0.3) is 5.91 Å². The van der Waals surface area contributed by atoms with E-state index >= 15 is 0 Å². The van der Waals surface area contributed by atoms with Gasteiger partial charge in [0.05, 0.1) is 7.11 Å². The fourth-order valence-electron chi connectivity index (χ4n) is 2.00. The second-order valence-corrected chi connectivity index (χ2v) is 5.83. The van der Waals surface area contributed by atoms with E-state index in [1.54, 1.807) is 43.5 Å². The number of hydrogen-bond acceptors (Lipinski definition) is 5. The van der Waals surface area contributed by atoms with Crippen LogP contribution in [-0.4, -0.2) is 22.6 Å². The summed E-state index contributed by atoms with van der Waals surface area (Å²) in [4.78, 5) is 12.9. The summed E-state index contributed by atoms with van der Waals surface area (Å²) < 4.78 is 8.98. The van der Waals surface area contributed by atoms with Gasteiger partial charge < -0.3 is 10.1 Å². The minimum absolute atomic E-state index is 0.255. The molecule has 116 valence electrons. The summed E-state index contributed by atoms with van der Waals surface area (Å²) in [6.45, 7) is 0. The van der Waals surface area contributed by atoms with Crippen molar-refractivity contribution < 1.29 is 9.53 Å². The van der Waals surface area contributed by atoms with Gasteiger partial charge in [0, 0.05) is 16.3 Å². The molecule has 2 aromatic carbocycles. The van der Waals surface area contributed by atoms with E-state index in [1.165, 1.54) is 0 Å². The highest BCUT2D eigenvalue weighted by molar-refractivity contribution is 7.08. The van der Waals surface area contributed by atoms with E-state index in [0.717, 1.165) is 22.8 Å². The number of carbonyl (C=O) groups is 1. The van der Waals surface area contributed by atoms with Crippen molar-refractivity contribution in [1.29, 1.82) is 0 Å². The number of methoxy groups -OCH3 is 1. The number of benzene rings is 2. The third kappa shape index (κ3) is 3.49. The molecule has 1 N–H and O–H groups in total. The molecule has 0 unspecified atom stereocenters. The molecule has 0 radical (unpaired) electrons. The summed E-state index contributed by atoms with van der Waals surface area (Å²) in [5.74, 6) is 0.472. The predicted octanol–water partition coefficient (Wildman–Crippen LogP) is 4.12. The van der Waals surface area contributed by atoms with Crippen molar-refractivity contribution in [3.8, 4) is 17.0 Å². The Labute approximate surface area is 142 Å². The number of carbonyl (C=O) groups excluding carboxylic acids is 1. The standard InChI is InChI=1S/C16H12ClN3O2S/c1-22-13-8-6-12(7-9-13)18-16(21)15-14(19-20-23-15)10-2-4-11(17)5-3-10/h2-9H,1H3,(H,18,21). The zero-order chi connectivity index (χ0) is 16.2. The Morgan fingerprint density at radius 1 is 1.13 bits per heavy atom. The lowest BCUT2D eigenvalue weighted by Crippen LogP contribution is -2.11. The first-order chi connectivity index (χ1) is 11.2. The molecule has 23 heavy (non-hydrogen) atoms. The van der Waals surface area contributed by atoms with E-state index < -0.39 is 0 Å². The lowest BCUT2D eigenvalue weighted by atomic mass is 10.1. The second kappa shape index (κ2) is 6.76. The number of halogens is 1. The van der Waals surface area contributed by atoms with Crippen molar-refractivity contribution in [1.82, 2.24) is 9.59 Å². The Kier molecular flexibility index (Phi) is 4.55. The summed E-state index contributed by atoms with van der Waals surface area (Å²) in [6.07, 6.45) is 0. The van der Waals surface area contributed by atoms with Crippen LogP contribution in [0.25, 0.3) is 11.3 Å². The molecule has 0 aliphatic rings. The van der Waals surface area contributed by atoms with Crippen LogP contribution in [0, 0.1) is 0 Å². The molecular weight excluding hydrogens is 334 g/mol. The van der Waals surface area contributed by atoms with E-state index in [9.17, 15) is 4.79 Å². The Hall–Kier alpha value is -2.44. The fourth-order valence-corrected chi connectivity index (χ4v) is 2.71. The summed E-state index contributed by atoms with van der Waals surface area (Å²) >= 11 is 6.94. The van der Waals surface area contributed by atoms with Crippen LogP contribution in [-0.2, 0) is 0 Å². The highest BCUT2D eigenvalue weighted by Gasteiger charge is 2.18. The predicted molar refractivity (Wildman–Crippen MR) is 91.3 cm³/mol. The zero-order valence-electron chi connectivity index (χ0n) is 12.1. The minimum Gasteiger partial charge on any atom is -0.497 e. The largest absolute Gasteiger partial charge is 0.497 e. The smallest absolute Gasteiger partial charge is 0.269 e. The van der Waals surface area contributed by atoms with E-state index in [1.807, 2.05) is 12.1 Å². The van der Waals surface area contributed by atoms with Crippen molar-refractivity contribution in [3.05, 3.63) is 58.4 Å². The van der Waals surface area contributed by atoms with Crippen molar-refractivity contribution in [2.45, 2.75) is 0 Å². The monoisotopic (exact) mass is 345 g/mol. The number of amides is 1. The average Bonchev–Trinajstić information content (AvgIpc) is 3.06. The molecule has 1 heterocycles. The maximum atomic E-state index is 12.5.